The summed E-state index contributed by atoms with van der Waals surface area (Å²) in [6, 6.07) is 13.3. The summed E-state index contributed by atoms with van der Waals surface area (Å²) in [5.74, 6) is -0.991. The molecule has 0 bridgehead atoms. The molecule has 7 heteroatoms. The smallest absolute Gasteiger partial charge is 0.271 e. The zero-order valence-electron chi connectivity index (χ0n) is 14.3. The van der Waals surface area contributed by atoms with Crippen molar-refractivity contribution in [2.45, 2.75) is 0 Å². The van der Waals surface area contributed by atoms with E-state index in [0.717, 1.165) is 0 Å². The number of aromatic nitrogens is 2. The number of nitrogens with one attached hydrogen (secondary N) is 2. The average Bonchev–Trinajstić information content (AvgIpc) is 3.02. The van der Waals surface area contributed by atoms with Gasteiger partial charge in [-0.25, -0.2) is 0 Å². The highest BCUT2D eigenvalue weighted by Gasteiger charge is 2.33. The van der Waals surface area contributed by atoms with Gasteiger partial charge in [-0.2, -0.15) is 0 Å². The molecule has 3 aromatic rings. The number of ketones is 1. The number of Topliss-reactive ketones (excluding diaryl/α,β-unsaturated/α-hetero) is 1. The van der Waals surface area contributed by atoms with Gasteiger partial charge in [0, 0.05) is 18.2 Å². The highest BCUT2D eigenvalue weighted by atomic mass is 16.3. The van der Waals surface area contributed by atoms with E-state index in [4.69, 9.17) is 0 Å². The Kier molecular flexibility index (Phi) is 3.77. The molecule has 3 N–H and O–H groups in total. The zero-order chi connectivity index (χ0) is 19.1. The van der Waals surface area contributed by atoms with E-state index in [1.165, 1.54) is 17.0 Å². The molecule has 1 aromatic heterocycles. The van der Waals surface area contributed by atoms with Crippen LogP contribution in [0.5, 0.6) is 5.75 Å². The lowest BCUT2D eigenvalue weighted by atomic mass is 9.95. The van der Waals surface area contributed by atoms with Crippen molar-refractivity contribution in [1.82, 2.24) is 10.2 Å². The van der Waals surface area contributed by atoms with Gasteiger partial charge in [-0.15, -0.1) is 0 Å². The van der Waals surface area contributed by atoms with Crippen molar-refractivity contribution in [3.8, 4) is 5.75 Å². The largest absolute Gasteiger partial charge is 0.507 e. The number of anilines is 1. The number of carbonyl (C=O) groups excluding carboxylic acids is 2. The number of phenols is 1. The average molecular weight is 361 g/mol. The van der Waals surface area contributed by atoms with Crippen molar-refractivity contribution in [2.24, 2.45) is 0 Å². The SMILES string of the molecule is CN1C(=O)C(=c2[nH][nH]c(=O)/c2=C\c2ccccc2O)C(=O)c2ccccc21. The Morgan fingerprint density at radius 1 is 0.963 bits per heavy atom. The van der Waals surface area contributed by atoms with Gasteiger partial charge in [0.15, 0.2) is 0 Å². The van der Waals surface area contributed by atoms with Crippen molar-refractivity contribution in [3.05, 3.63) is 80.6 Å². The van der Waals surface area contributed by atoms with Crippen LogP contribution in [0.15, 0.2) is 53.3 Å². The molecule has 0 fully saturated rings. The fourth-order valence-electron chi connectivity index (χ4n) is 3.15. The van der Waals surface area contributed by atoms with Crippen LogP contribution in [0, 0.1) is 0 Å². The number of hydrogen-bond acceptors (Lipinski definition) is 4. The molecule has 0 atom stereocenters. The van der Waals surface area contributed by atoms with Gasteiger partial charge in [0.1, 0.15) is 11.3 Å². The number of rotatable bonds is 1. The van der Waals surface area contributed by atoms with Crippen molar-refractivity contribution in [2.75, 3.05) is 11.9 Å². The fourth-order valence-corrected chi connectivity index (χ4v) is 3.15. The fraction of sp³-hybridized carbons (Fsp3) is 0.0500. The summed E-state index contributed by atoms with van der Waals surface area (Å²) in [5.41, 5.74) is 0.665. The molecule has 0 unspecified atom stereocenters. The number of phenolic OH excluding ortho intramolecular Hbond substituents is 1. The van der Waals surface area contributed by atoms with E-state index in [9.17, 15) is 19.5 Å². The number of hydrogen-bond donors (Lipinski definition) is 3. The molecule has 2 heterocycles. The van der Waals surface area contributed by atoms with Gasteiger partial charge in [0.05, 0.1) is 16.3 Å². The molecule has 1 aliphatic rings. The third-order valence-corrected chi connectivity index (χ3v) is 4.56. The summed E-state index contributed by atoms with van der Waals surface area (Å²) in [4.78, 5) is 39.5. The maximum absolute atomic E-state index is 13.0. The first-order valence-electron chi connectivity index (χ1n) is 8.21. The lowest BCUT2D eigenvalue weighted by molar-refractivity contribution is -0.113. The van der Waals surface area contributed by atoms with Crippen molar-refractivity contribution >= 4 is 29.0 Å². The summed E-state index contributed by atoms with van der Waals surface area (Å²) in [5, 5.41) is 15.2. The normalized spacial score (nSPS) is 16.6. The second-order valence-corrected chi connectivity index (χ2v) is 6.16. The van der Waals surface area contributed by atoms with Crippen LogP contribution in [0.25, 0.3) is 11.6 Å². The second kappa shape index (κ2) is 6.14. The van der Waals surface area contributed by atoms with Gasteiger partial charge >= 0.3 is 0 Å². The Labute approximate surface area is 152 Å². The van der Waals surface area contributed by atoms with E-state index in [0.29, 0.717) is 16.8 Å². The number of benzene rings is 2. The number of aromatic amines is 2. The highest BCUT2D eigenvalue weighted by Crippen LogP contribution is 2.28. The molecule has 0 radical (unpaired) electrons. The van der Waals surface area contributed by atoms with Gasteiger partial charge in [-0.1, -0.05) is 30.3 Å². The zero-order valence-corrected chi connectivity index (χ0v) is 14.3. The van der Waals surface area contributed by atoms with E-state index in [1.54, 1.807) is 49.5 Å². The van der Waals surface area contributed by atoms with Crippen LogP contribution in [-0.4, -0.2) is 34.0 Å². The first kappa shape index (κ1) is 16.6. The lowest BCUT2D eigenvalue weighted by Gasteiger charge is -2.25. The van der Waals surface area contributed by atoms with Gasteiger partial charge in [-0.3, -0.25) is 24.6 Å². The van der Waals surface area contributed by atoms with Crippen LogP contribution in [0.2, 0.25) is 0 Å². The molecule has 2 aromatic carbocycles. The molecular weight excluding hydrogens is 346 g/mol. The van der Waals surface area contributed by atoms with Crippen molar-refractivity contribution < 1.29 is 14.7 Å². The van der Waals surface area contributed by atoms with Gasteiger partial charge < -0.3 is 10.0 Å². The number of fused-ring (bicyclic) bond motifs is 1. The van der Waals surface area contributed by atoms with Crippen LogP contribution in [0.3, 0.4) is 0 Å². The van der Waals surface area contributed by atoms with E-state index >= 15 is 0 Å². The van der Waals surface area contributed by atoms with Crippen molar-refractivity contribution in [3.63, 3.8) is 0 Å². The minimum atomic E-state index is -0.513. The van der Waals surface area contributed by atoms with Crippen LogP contribution in [0.1, 0.15) is 15.9 Å². The topological polar surface area (TPSA) is 106 Å². The Morgan fingerprint density at radius 3 is 2.44 bits per heavy atom. The second-order valence-electron chi connectivity index (χ2n) is 6.16. The van der Waals surface area contributed by atoms with Gasteiger partial charge in [0.2, 0.25) is 5.78 Å². The molecule has 4 rings (SSSR count). The molecule has 0 saturated carbocycles. The number of nitrogens with zero attached hydrogens (tertiary/aromatic N) is 1. The predicted molar refractivity (Wildman–Crippen MR) is 99.9 cm³/mol. The lowest BCUT2D eigenvalue weighted by Crippen LogP contribution is -2.44. The molecule has 1 amide bonds. The van der Waals surface area contributed by atoms with E-state index in [2.05, 4.69) is 10.2 Å². The minimum Gasteiger partial charge on any atom is -0.507 e. The first-order chi connectivity index (χ1) is 13.0. The Morgan fingerprint density at radius 2 is 1.67 bits per heavy atom. The summed E-state index contributed by atoms with van der Waals surface area (Å²) >= 11 is 0. The summed E-state index contributed by atoms with van der Waals surface area (Å²) in [6.45, 7) is 0. The van der Waals surface area contributed by atoms with Gasteiger partial charge in [0.25, 0.3) is 11.5 Å². The standard InChI is InChI=1S/C20H15N3O4/c1-23-14-8-4-3-7-12(14)18(25)16(20(23)27)17-13(19(26)22-21-17)10-11-6-2-5-9-15(11)24/h2-10,21,24H,1H3,(H,22,26)/b13-10-,17-16?. The number of aromatic hydroxyl groups is 1. The molecule has 1 aliphatic heterocycles. The molecule has 0 aliphatic carbocycles. The third kappa shape index (κ3) is 2.56. The summed E-state index contributed by atoms with van der Waals surface area (Å²) < 4.78 is 0. The molecular formula is C20H15N3O4. The summed E-state index contributed by atoms with van der Waals surface area (Å²) in [6.07, 6.45) is 1.44. The Hall–Kier alpha value is -3.87. The number of amides is 1. The molecule has 7 nitrogen and oxygen atoms in total. The third-order valence-electron chi connectivity index (χ3n) is 4.56. The minimum absolute atomic E-state index is 0.0159. The molecule has 0 saturated heterocycles. The maximum Gasteiger partial charge on any atom is 0.271 e. The quantitative estimate of drug-likeness (QED) is 0.577. The first-order valence-corrected chi connectivity index (χ1v) is 8.21. The Balaban J connectivity index is 2.07. The van der Waals surface area contributed by atoms with Crippen LogP contribution >= 0.6 is 0 Å². The van der Waals surface area contributed by atoms with E-state index in [1.807, 2.05) is 0 Å². The van der Waals surface area contributed by atoms with Gasteiger partial charge in [-0.05, 0) is 24.3 Å². The summed E-state index contributed by atoms with van der Waals surface area (Å²) in [7, 11) is 1.57. The van der Waals surface area contributed by atoms with Crippen molar-refractivity contribution in [1.29, 1.82) is 0 Å². The number of carbonyl (C=O) groups is 2. The predicted octanol–water partition coefficient (Wildman–Crippen LogP) is 0.247. The Bertz CT molecular complexity index is 1270. The number of H-pyrrole nitrogens is 2. The van der Waals surface area contributed by atoms with Crippen LogP contribution in [0.4, 0.5) is 5.69 Å². The van der Waals surface area contributed by atoms with Crippen LogP contribution < -0.4 is 21.0 Å². The highest BCUT2D eigenvalue weighted by molar-refractivity contribution is 6.51. The molecule has 0 spiro atoms. The van der Waals surface area contributed by atoms with E-state index < -0.39 is 17.2 Å². The van der Waals surface area contributed by atoms with E-state index in [-0.39, 0.29) is 21.9 Å². The monoisotopic (exact) mass is 361 g/mol. The molecule has 27 heavy (non-hydrogen) atoms. The number of para-hydroxylation sites is 2. The van der Waals surface area contributed by atoms with Crippen LogP contribution in [-0.2, 0) is 4.79 Å². The maximum atomic E-state index is 13.0. The molecule has 134 valence electrons.